The third-order valence-corrected chi connectivity index (χ3v) is 6.75. The molecule has 3 N–H and O–H groups in total. The van der Waals surface area contributed by atoms with Gasteiger partial charge in [-0.05, 0) is 61.9 Å². The summed E-state index contributed by atoms with van der Waals surface area (Å²) in [6.07, 6.45) is 10.6. The number of pyridine rings is 2. The van der Waals surface area contributed by atoms with Gasteiger partial charge in [0, 0.05) is 54.1 Å². The average Bonchev–Trinajstić information content (AvgIpc) is 3.68. The van der Waals surface area contributed by atoms with Gasteiger partial charge in [0.2, 0.25) is 5.91 Å². The van der Waals surface area contributed by atoms with E-state index in [9.17, 15) is 9.59 Å². The highest BCUT2D eigenvalue weighted by Gasteiger charge is 2.29. The first kappa shape index (κ1) is 22.2. The number of H-pyrrole nitrogens is 1. The highest BCUT2D eigenvalue weighted by Crippen LogP contribution is 2.31. The minimum atomic E-state index is -0.294. The Morgan fingerprint density at radius 2 is 1.78 bits per heavy atom. The van der Waals surface area contributed by atoms with Crippen molar-refractivity contribution in [3.05, 3.63) is 60.7 Å². The minimum absolute atomic E-state index is 0.0396. The third kappa shape index (κ3) is 4.64. The van der Waals surface area contributed by atoms with Gasteiger partial charge in [-0.1, -0.05) is 6.07 Å². The van der Waals surface area contributed by atoms with E-state index >= 15 is 0 Å². The van der Waals surface area contributed by atoms with E-state index in [1.165, 1.54) is 6.42 Å². The Morgan fingerprint density at radius 3 is 2.61 bits per heavy atom. The fraction of sp³-hybridized carbons (Fsp3) is 0.296. The molecule has 182 valence electrons. The standard InChI is InChI=1S/C27H27N7O2/c35-26(17-4-5-17)31-21-12-19(15-28-16-21)18-6-7-23-22(13-18)25(33-32-23)27(36)30-20-8-9-29-24(14-20)34-10-2-1-3-11-34/h6-9,12-17H,1-5,10-11H2,(H,31,35)(H,32,33)(H,29,30,36). The summed E-state index contributed by atoms with van der Waals surface area (Å²) < 4.78 is 0. The second-order valence-corrected chi connectivity index (χ2v) is 9.46. The normalized spacial score (nSPS) is 15.6. The van der Waals surface area contributed by atoms with Crippen molar-refractivity contribution in [2.75, 3.05) is 28.6 Å². The number of carbonyl (C=O) groups excluding carboxylic acids is 2. The van der Waals surface area contributed by atoms with Gasteiger partial charge in [0.05, 0.1) is 17.4 Å². The highest BCUT2D eigenvalue weighted by atomic mass is 16.2. The number of aromatic nitrogens is 4. The Kier molecular flexibility index (Phi) is 5.80. The Balaban J connectivity index is 1.23. The molecule has 2 aliphatic rings. The average molecular weight is 482 g/mol. The Labute approximate surface area is 208 Å². The van der Waals surface area contributed by atoms with Gasteiger partial charge in [0.15, 0.2) is 5.69 Å². The number of anilines is 3. The minimum Gasteiger partial charge on any atom is -0.357 e. The number of nitrogens with zero attached hydrogens (tertiary/aromatic N) is 4. The molecule has 0 unspecified atom stereocenters. The van der Waals surface area contributed by atoms with Crippen LogP contribution in [0, 0.1) is 5.92 Å². The van der Waals surface area contributed by atoms with Gasteiger partial charge in [-0.15, -0.1) is 0 Å². The zero-order valence-corrected chi connectivity index (χ0v) is 19.8. The van der Waals surface area contributed by atoms with Gasteiger partial charge < -0.3 is 15.5 Å². The van der Waals surface area contributed by atoms with Crippen molar-refractivity contribution in [2.24, 2.45) is 5.92 Å². The molecule has 9 nitrogen and oxygen atoms in total. The van der Waals surface area contributed by atoms with Crippen molar-refractivity contribution in [1.29, 1.82) is 0 Å². The fourth-order valence-corrected chi connectivity index (χ4v) is 4.61. The predicted molar refractivity (Wildman–Crippen MR) is 139 cm³/mol. The first-order valence-corrected chi connectivity index (χ1v) is 12.4. The van der Waals surface area contributed by atoms with E-state index in [4.69, 9.17) is 0 Å². The summed E-state index contributed by atoms with van der Waals surface area (Å²) >= 11 is 0. The van der Waals surface area contributed by atoms with Crippen molar-refractivity contribution in [2.45, 2.75) is 32.1 Å². The second kappa shape index (κ2) is 9.41. The molecule has 36 heavy (non-hydrogen) atoms. The van der Waals surface area contributed by atoms with E-state index in [0.29, 0.717) is 22.5 Å². The topological polar surface area (TPSA) is 116 Å². The van der Waals surface area contributed by atoms with E-state index in [2.05, 4.69) is 35.7 Å². The van der Waals surface area contributed by atoms with Crippen LogP contribution < -0.4 is 15.5 Å². The van der Waals surface area contributed by atoms with Gasteiger partial charge >= 0.3 is 0 Å². The number of nitrogens with one attached hydrogen (secondary N) is 3. The van der Waals surface area contributed by atoms with Crippen molar-refractivity contribution < 1.29 is 9.59 Å². The number of rotatable bonds is 6. The number of aromatic amines is 1. The van der Waals surface area contributed by atoms with Crippen LogP contribution in [0.15, 0.2) is 55.0 Å². The molecule has 1 saturated heterocycles. The van der Waals surface area contributed by atoms with E-state index in [1.807, 2.05) is 30.3 Å². The van der Waals surface area contributed by atoms with Crippen LogP contribution in [-0.4, -0.2) is 45.1 Å². The smallest absolute Gasteiger partial charge is 0.276 e. The van der Waals surface area contributed by atoms with E-state index in [1.54, 1.807) is 24.7 Å². The summed E-state index contributed by atoms with van der Waals surface area (Å²) in [7, 11) is 0. The maximum Gasteiger partial charge on any atom is 0.276 e. The molecule has 2 fully saturated rings. The molecule has 0 atom stereocenters. The highest BCUT2D eigenvalue weighted by molar-refractivity contribution is 6.11. The molecular formula is C27H27N7O2. The molecule has 4 heterocycles. The van der Waals surface area contributed by atoms with Gasteiger partial charge in [-0.2, -0.15) is 5.10 Å². The monoisotopic (exact) mass is 481 g/mol. The number of carbonyl (C=O) groups is 2. The molecule has 1 aromatic carbocycles. The lowest BCUT2D eigenvalue weighted by Crippen LogP contribution is -2.30. The van der Waals surface area contributed by atoms with E-state index < -0.39 is 0 Å². The zero-order chi connectivity index (χ0) is 24.5. The molecule has 3 aromatic heterocycles. The summed E-state index contributed by atoms with van der Waals surface area (Å²) in [6, 6.07) is 11.4. The molecule has 6 rings (SSSR count). The summed E-state index contributed by atoms with van der Waals surface area (Å²) in [5.74, 6) is 0.742. The van der Waals surface area contributed by atoms with Crippen LogP contribution in [-0.2, 0) is 4.79 Å². The first-order valence-electron chi connectivity index (χ1n) is 12.4. The maximum atomic E-state index is 13.2. The van der Waals surface area contributed by atoms with Crippen LogP contribution in [0.5, 0.6) is 0 Å². The molecule has 9 heteroatoms. The molecule has 2 amide bonds. The quantitative estimate of drug-likeness (QED) is 0.370. The van der Waals surface area contributed by atoms with Crippen molar-refractivity contribution in [3.63, 3.8) is 0 Å². The molecule has 1 saturated carbocycles. The number of benzene rings is 1. The number of piperidine rings is 1. The molecule has 1 aliphatic heterocycles. The fourth-order valence-electron chi connectivity index (χ4n) is 4.61. The van der Waals surface area contributed by atoms with Crippen LogP contribution in [0.25, 0.3) is 22.0 Å². The van der Waals surface area contributed by atoms with E-state index in [-0.39, 0.29) is 17.7 Å². The summed E-state index contributed by atoms with van der Waals surface area (Å²) in [6.45, 7) is 1.97. The van der Waals surface area contributed by atoms with Crippen LogP contribution in [0.4, 0.5) is 17.2 Å². The first-order chi connectivity index (χ1) is 17.6. The van der Waals surface area contributed by atoms with Crippen LogP contribution >= 0.6 is 0 Å². The second-order valence-electron chi connectivity index (χ2n) is 9.46. The predicted octanol–water partition coefficient (Wildman–Crippen LogP) is 4.61. The number of hydrogen-bond donors (Lipinski definition) is 3. The number of amides is 2. The summed E-state index contributed by atoms with van der Waals surface area (Å²) in [5.41, 5.74) is 4.15. The third-order valence-electron chi connectivity index (χ3n) is 6.75. The summed E-state index contributed by atoms with van der Waals surface area (Å²) in [4.78, 5) is 36.4. The van der Waals surface area contributed by atoms with Gasteiger partial charge in [0.1, 0.15) is 5.82 Å². The lowest BCUT2D eigenvalue weighted by molar-refractivity contribution is -0.117. The van der Waals surface area contributed by atoms with Gasteiger partial charge in [0.25, 0.3) is 5.91 Å². The maximum absolute atomic E-state index is 13.2. The molecule has 1 aliphatic carbocycles. The van der Waals surface area contributed by atoms with Crippen molar-refractivity contribution in [1.82, 2.24) is 20.2 Å². The lowest BCUT2D eigenvalue weighted by atomic mass is 10.0. The van der Waals surface area contributed by atoms with E-state index in [0.717, 1.165) is 61.2 Å². The molecule has 0 bridgehead atoms. The molecule has 0 radical (unpaired) electrons. The Bertz CT molecular complexity index is 1440. The van der Waals surface area contributed by atoms with Crippen molar-refractivity contribution >= 4 is 39.9 Å². The van der Waals surface area contributed by atoms with Crippen LogP contribution in [0.3, 0.4) is 0 Å². The zero-order valence-electron chi connectivity index (χ0n) is 19.8. The Morgan fingerprint density at radius 1 is 0.917 bits per heavy atom. The lowest BCUT2D eigenvalue weighted by Gasteiger charge is -2.27. The number of hydrogen-bond acceptors (Lipinski definition) is 6. The van der Waals surface area contributed by atoms with Crippen LogP contribution in [0.2, 0.25) is 0 Å². The van der Waals surface area contributed by atoms with Gasteiger partial charge in [-0.25, -0.2) is 4.98 Å². The Hall–Kier alpha value is -4.27. The summed E-state index contributed by atoms with van der Waals surface area (Å²) in [5, 5.41) is 13.9. The van der Waals surface area contributed by atoms with Crippen LogP contribution in [0.1, 0.15) is 42.6 Å². The van der Waals surface area contributed by atoms with Crippen molar-refractivity contribution in [3.8, 4) is 11.1 Å². The van der Waals surface area contributed by atoms with Gasteiger partial charge in [-0.3, -0.25) is 19.7 Å². The SMILES string of the molecule is O=C(Nc1ccnc(N2CCCCC2)c1)c1n[nH]c2ccc(-c3cncc(NC(=O)C4CC4)c3)cc12. The molecule has 0 spiro atoms. The largest absolute Gasteiger partial charge is 0.357 e. The molecular weight excluding hydrogens is 454 g/mol. The molecule has 4 aromatic rings. The number of fused-ring (bicyclic) bond motifs is 1.